The van der Waals surface area contributed by atoms with Crippen LogP contribution in [0.2, 0.25) is 0 Å². The highest BCUT2D eigenvalue weighted by Crippen LogP contribution is 2.18. The molecular weight excluding hydrogens is 392 g/mol. The zero-order valence-electron chi connectivity index (χ0n) is 17.7. The van der Waals surface area contributed by atoms with Gasteiger partial charge in [-0.3, -0.25) is 4.79 Å². The van der Waals surface area contributed by atoms with Crippen LogP contribution in [-0.2, 0) is 4.79 Å². The number of amides is 1. The number of hydrogen-bond acceptors (Lipinski definition) is 7. The zero-order valence-corrected chi connectivity index (χ0v) is 17.7. The summed E-state index contributed by atoms with van der Waals surface area (Å²) in [6.45, 7) is 6.43. The van der Waals surface area contributed by atoms with Crippen LogP contribution in [0, 0.1) is 6.92 Å². The molecule has 0 saturated carbocycles. The van der Waals surface area contributed by atoms with Crippen molar-refractivity contribution in [1.82, 2.24) is 20.1 Å². The molecule has 1 N–H and O–H groups in total. The highest BCUT2D eigenvalue weighted by atomic mass is 16.5. The second-order valence-electron chi connectivity index (χ2n) is 7.51. The number of ether oxygens (including phenoxy) is 1. The second-order valence-corrected chi connectivity index (χ2v) is 7.51. The maximum absolute atomic E-state index is 12.7. The van der Waals surface area contributed by atoms with Gasteiger partial charge in [-0.1, -0.05) is 24.3 Å². The maximum Gasteiger partial charge on any atom is 0.263 e. The fraction of sp³-hybridized carbons (Fsp3) is 0.304. The van der Waals surface area contributed by atoms with Crippen LogP contribution in [0.25, 0.3) is 0 Å². The quantitative estimate of drug-likeness (QED) is 0.659. The molecule has 0 radical (unpaired) electrons. The van der Waals surface area contributed by atoms with Crippen molar-refractivity contribution < 1.29 is 9.53 Å². The summed E-state index contributed by atoms with van der Waals surface area (Å²) in [5.41, 5.74) is 1.10. The Morgan fingerprint density at radius 3 is 2.35 bits per heavy atom. The molecule has 0 bridgehead atoms. The summed E-state index contributed by atoms with van der Waals surface area (Å²) in [5.74, 6) is 2.86. The predicted octanol–water partition coefficient (Wildman–Crippen LogP) is 3.04. The molecule has 2 aromatic heterocycles. The van der Waals surface area contributed by atoms with Gasteiger partial charge >= 0.3 is 0 Å². The summed E-state index contributed by atoms with van der Waals surface area (Å²) in [5, 5.41) is 11.7. The van der Waals surface area contributed by atoms with E-state index in [1.54, 1.807) is 13.1 Å². The number of nitrogens with one attached hydrogen (secondary N) is 1. The van der Waals surface area contributed by atoms with Crippen LogP contribution in [0.5, 0.6) is 5.75 Å². The Hall–Kier alpha value is -3.68. The predicted molar refractivity (Wildman–Crippen MR) is 120 cm³/mol. The van der Waals surface area contributed by atoms with Crippen molar-refractivity contribution >= 4 is 23.4 Å². The molecule has 1 saturated heterocycles. The molecule has 31 heavy (non-hydrogen) atoms. The van der Waals surface area contributed by atoms with E-state index < -0.39 is 6.10 Å². The van der Waals surface area contributed by atoms with Crippen LogP contribution < -0.4 is 15.0 Å². The van der Waals surface area contributed by atoms with Gasteiger partial charge in [0, 0.05) is 32.4 Å². The highest BCUT2D eigenvalue weighted by Gasteiger charge is 2.26. The van der Waals surface area contributed by atoms with Gasteiger partial charge in [0.1, 0.15) is 11.6 Å². The van der Waals surface area contributed by atoms with Crippen molar-refractivity contribution in [2.45, 2.75) is 20.0 Å². The molecule has 1 unspecified atom stereocenters. The molecule has 1 aliphatic heterocycles. The third-order valence-corrected chi connectivity index (χ3v) is 5.14. The third kappa shape index (κ3) is 5.28. The molecule has 1 aliphatic rings. The number of benzene rings is 1. The minimum atomic E-state index is -0.519. The number of pyridine rings is 1. The zero-order chi connectivity index (χ0) is 21.6. The van der Waals surface area contributed by atoms with Gasteiger partial charge in [-0.15, -0.1) is 10.2 Å². The fourth-order valence-corrected chi connectivity index (χ4v) is 3.40. The van der Waals surface area contributed by atoms with E-state index in [0.29, 0.717) is 37.7 Å². The Balaban J connectivity index is 1.29. The van der Waals surface area contributed by atoms with Crippen LogP contribution >= 0.6 is 0 Å². The molecule has 1 aromatic carbocycles. The van der Waals surface area contributed by atoms with E-state index in [-0.39, 0.29) is 5.91 Å². The van der Waals surface area contributed by atoms with Gasteiger partial charge in [0.05, 0.1) is 0 Å². The van der Waals surface area contributed by atoms with Crippen molar-refractivity contribution in [3.63, 3.8) is 0 Å². The Labute approximate surface area is 181 Å². The average molecular weight is 419 g/mol. The number of carbonyl (C=O) groups excluding carboxylic acids is 1. The third-order valence-electron chi connectivity index (χ3n) is 5.14. The van der Waals surface area contributed by atoms with Crippen molar-refractivity contribution in [1.29, 1.82) is 0 Å². The first-order chi connectivity index (χ1) is 15.1. The summed E-state index contributed by atoms with van der Waals surface area (Å²) < 4.78 is 5.77. The number of rotatable bonds is 6. The molecule has 0 aliphatic carbocycles. The Bertz CT molecular complexity index is 987. The lowest BCUT2D eigenvalue weighted by Crippen LogP contribution is -2.52. The van der Waals surface area contributed by atoms with Gasteiger partial charge in [0.15, 0.2) is 17.7 Å². The monoisotopic (exact) mass is 418 g/mol. The van der Waals surface area contributed by atoms with Crippen molar-refractivity contribution in [3.8, 4) is 5.75 Å². The molecular formula is C23H26N6O2. The van der Waals surface area contributed by atoms with E-state index in [2.05, 4.69) is 25.4 Å². The van der Waals surface area contributed by atoms with Crippen LogP contribution in [0.15, 0.2) is 60.8 Å². The molecule has 160 valence electrons. The number of nitrogens with zero attached hydrogens (tertiary/aromatic N) is 5. The summed E-state index contributed by atoms with van der Waals surface area (Å²) >= 11 is 0. The van der Waals surface area contributed by atoms with Gasteiger partial charge in [-0.05, 0) is 49.7 Å². The van der Waals surface area contributed by atoms with Crippen molar-refractivity contribution in [2.75, 3.05) is 36.4 Å². The first-order valence-corrected chi connectivity index (χ1v) is 10.4. The van der Waals surface area contributed by atoms with E-state index in [0.717, 1.165) is 17.2 Å². The molecule has 8 nitrogen and oxygen atoms in total. The number of carbonyl (C=O) groups is 1. The Morgan fingerprint density at radius 2 is 1.71 bits per heavy atom. The molecule has 1 amide bonds. The number of anilines is 3. The Kier molecular flexibility index (Phi) is 6.26. The summed E-state index contributed by atoms with van der Waals surface area (Å²) in [7, 11) is 0. The van der Waals surface area contributed by atoms with Gasteiger partial charge < -0.3 is 19.9 Å². The first-order valence-electron chi connectivity index (χ1n) is 10.4. The summed E-state index contributed by atoms with van der Waals surface area (Å²) in [4.78, 5) is 21.0. The highest BCUT2D eigenvalue weighted by molar-refractivity contribution is 5.81. The van der Waals surface area contributed by atoms with E-state index in [4.69, 9.17) is 4.74 Å². The van der Waals surface area contributed by atoms with E-state index >= 15 is 0 Å². The molecule has 1 fully saturated rings. The Morgan fingerprint density at radius 1 is 0.968 bits per heavy atom. The molecule has 3 aromatic rings. The summed E-state index contributed by atoms with van der Waals surface area (Å²) in [6, 6.07) is 17.1. The lowest BCUT2D eigenvalue weighted by atomic mass is 10.2. The molecule has 3 heterocycles. The number of aromatic nitrogens is 3. The van der Waals surface area contributed by atoms with E-state index in [1.165, 1.54) is 0 Å². The topological polar surface area (TPSA) is 83.5 Å². The minimum absolute atomic E-state index is 0.000247. The van der Waals surface area contributed by atoms with Gasteiger partial charge in [-0.2, -0.15) is 0 Å². The van der Waals surface area contributed by atoms with Gasteiger partial charge in [-0.25, -0.2) is 4.98 Å². The van der Waals surface area contributed by atoms with E-state index in [1.807, 2.05) is 66.4 Å². The average Bonchev–Trinajstić information content (AvgIpc) is 2.81. The lowest BCUT2D eigenvalue weighted by molar-refractivity contribution is -0.138. The fourth-order valence-electron chi connectivity index (χ4n) is 3.40. The number of aryl methyl sites for hydroxylation is 1. The smallest absolute Gasteiger partial charge is 0.263 e. The van der Waals surface area contributed by atoms with Crippen molar-refractivity contribution in [2.24, 2.45) is 0 Å². The molecule has 1 atom stereocenters. The number of piperazine rings is 1. The largest absolute Gasteiger partial charge is 0.481 e. The van der Waals surface area contributed by atoms with Crippen LogP contribution in [0.3, 0.4) is 0 Å². The second kappa shape index (κ2) is 9.42. The standard InChI is InChI=1S/C23H26N6O2/c1-17-8-9-20(24-16-17)25-21-10-11-22(27-26-21)28-12-14-29(15-13-28)23(30)18(2)31-19-6-4-3-5-7-19/h3-11,16,18H,12-15H2,1-2H3,(H,24,25,26). The van der Waals surface area contributed by atoms with Gasteiger partial charge in [0.25, 0.3) is 5.91 Å². The molecule has 8 heteroatoms. The van der Waals surface area contributed by atoms with Crippen LogP contribution in [-0.4, -0.2) is 58.3 Å². The number of hydrogen-bond donors (Lipinski definition) is 1. The van der Waals surface area contributed by atoms with E-state index in [9.17, 15) is 4.79 Å². The maximum atomic E-state index is 12.7. The first kappa shape index (κ1) is 20.6. The molecule has 0 spiro atoms. The van der Waals surface area contributed by atoms with Gasteiger partial charge in [0.2, 0.25) is 0 Å². The summed E-state index contributed by atoms with van der Waals surface area (Å²) in [6.07, 6.45) is 1.28. The normalized spacial score (nSPS) is 14.8. The minimum Gasteiger partial charge on any atom is -0.481 e. The van der Waals surface area contributed by atoms with Crippen molar-refractivity contribution in [3.05, 3.63) is 66.4 Å². The van der Waals surface area contributed by atoms with Crippen LogP contribution in [0.1, 0.15) is 12.5 Å². The number of para-hydroxylation sites is 1. The van der Waals surface area contributed by atoms with Crippen LogP contribution in [0.4, 0.5) is 17.5 Å². The lowest BCUT2D eigenvalue weighted by Gasteiger charge is -2.36. The SMILES string of the molecule is Cc1ccc(Nc2ccc(N3CCN(C(=O)C(C)Oc4ccccc4)CC3)nn2)nc1. The molecule has 4 rings (SSSR count).